The molecule has 146 valence electrons. The van der Waals surface area contributed by atoms with Crippen molar-refractivity contribution in [3.63, 3.8) is 0 Å². The van der Waals surface area contributed by atoms with E-state index in [1.807, 2.05) is 0 Å². The zero-order valence-electron chi connectivity index (χ0n) is 13.4. The Balaban J connectivity index is 3.26. The van der Waals surface area contributed by atoms with E-state index >= 15 is 0 Å². The van der Waals surface area contributed by atoms with Crippen LogP contribution < -0.4 is 0 Å². The van der Waals surface area contributed by atoms with Crippen LogP contribution in [0.3, 0.4) is 0 Å². The first kappa shape index (κ1) is 21.7. The van der Waals surface area contributed by atoms with Gasteiger partial charge in [-0.3, -0.25) is 0 Å². The largest absolute Gasteiger partial charge is 0.469 e. The van der Waals surface area contributed by atoms with Gasteiger partial charge in [-0.25, -0.2) is 0 Å². The summed E-state index contributed by atoms with van der Waals surface area (Å²) in [5.74, 6) is -19.3. The Morgan fingerprint density at radius 2 is 1.48 bits per heavy atom. The number of furan rings is 1. The summed E-state index contributed by atoms with van der Waals surface area (Å²) < 4.78 is 122. The topological polar surface area (TPSA) is 13.1 Å². The molecule has 1 aromatic heterocycles. The second-order valence-corrected chi connectivity index (χ2v) is 6.17. The first-order chi connectivity index (χ1) is 11.1. The monoisotopic (exact) mass is 384 g/mol. The molecule has 1 rings (SSSR count). The van der Waals surface area contributed by atoms with Gasteiger partial charge in [-0.05, 0) is 18.6 Å². The predicted octanol–water partition coefficient (Wildman–Crippen LogP) is 6.59. The maximum Gasteiger partial charge on any atom is 0.460 e. The summed E-state index contributed by atoms with van der Waals surface area (Å²) in [6.07, 6.45) is -7.09. The third-order valence-electron chi connectivity index (χ3n) is 4.02. The number of unbranched alkanes of at least 4 members (excludes halogenated alkanes) is 1. The Bertz CT molecular complexity index is 548. The van der Waals surface area contributed by atoms with Crippen LogP contribution in [-0.4, -0.2) is 23.9 Å². The molecular formula is C15H17F9O. The van der Waals surface area contributed by atoms with Crippen molar-refractivity contribution in [3.05, 3.63) is 24.2 Å². The highest BCUT2D eigenvalue weighted by molar-refractivity contribution is 5.15. The average Bonchev–Trinajstić information content (AvgIpc) is 2.98. The van der Waals surface area contributed by atoms with Gasteiger partial charge in [-0.2, -0.15) is 39.5 Å². The van der Waals surface area contributed by atoms with Crippen molar-refractivity contribution >= 4 is 0 Å². The number of hydrogen-bond acceptors (Lipinski definition) is 1. The van der Waals surface area contributed by atoms with E-state index in [0.717, 1.165) is 13.2 Å². The maximum absolute atomic E-state index is 14.0. The van der Waals surface area contributed by atoms with Gasteiger partial charge in [0, 0.05) is 11.8 Å². The van der Waals surface area contributed by atoms with Crippen molar-refractivity contribution in [1.29, 1.82) is 0 Å². The van der Waals surface area contributed by atoms with Crippen molar-refractivity contribution < 1.29 is 43.9 Å². The number of rotatable bonds is 8. The molecule has 1 atom stereocenters. The van der Waals surface area contributed by atoms with Gasteiger partial charge in [-0.1, -0.05) is 26.7 Å². The molecule has 10 heteroatoms. The average molecular weight is 384 g/mol. The smallest absolute Gasteiger partial charge is 0.460 e. The fraction of sp³-hybridized carbons (Fsp3) is 0.733. The van der Waals surface area contributed by atoms with E-state index in [4.69, 9.17) is 4.42 Å². The van der Waals surface area contributed by atoms with Gasteiger partial charge in [0.15, 0.2) is 0 Å². The van der Waals surface area contributed by atoms with E-state index in [-0.39, 0.29) is 18.6 Å². The van der Waals surface area contributed by atoms with Crippen LogP contribution in [0.15, 0.2) is 22.8 Å². The summed E-state index contributed by atoms with van der Waals surface area (Å²) in [4.78, 5) is 0. The molecule has 0 amide bonds. The van der Waals surface area contributed by atoms with Crippen LogP contribution in [0.2, 0.25) is 0 Å². The molecule has 1 nitrogen and oxygen atoms in total. The third kappa shape index (κ3) is 3.92. The quantitative estimate of drug-likeness (QED) is 0.461. The Labute approximate surface area is 138 Å². The van der Waals surface area contributed by atoms with E-state index in [2.05, 4.69) is 0 Å². The fourth-order valence-electron chi connectivity index (χ4n) is 2.50. The molecule has 0 N–H and O–H groups in total. The van der Waals surface area contributed by atoms with Crippen molar-refractivity contribution in [3.8, 4) is 0 Å². The highest BCUT2D eigenvalue weighted by atomic mass is 19.4. The van der Waals surface area contributed by atoms with Gasteiger partial charge in [0.05, 0.1) is 6.26 Å². The van der Waals surface area contributed by atoms with Crippen LogP contribution in [0.25, 0.3) is 0 Å². The minimum absolute atomic E-state index is 0.153. The van der Waals surface area contributed by atoms with Crippen LogP contribution in [0, 0.1) is 0 Å². The van der Waals surface area contributed by atoms with Gasteiger partial charge < -0.3 is 4.42 Å². The maximum atomic E-state index is 14.0. The highest BCUT2D eigenvalue weighted by Gasteiger charge is 2.81. The minimum Gasteiger partial charge on any atom is -0.469 e. The summed E-state index contributed by atoms with van der Waals surface area (Å²) in [6, 6.07) is 2.46. The first-order valence-corrected chi connectivity index (χ1v) is 7.36. The molecule has 0 fully saturated rings. The van der Waals surface area contributed by atoms with Gasteiger partial charge in [-0.15, -0.1) is 0 Å². The summed E-state index contributed by atoms with van der Waals surface area (Å²) in [7, 11) is 0. The molecule has 0 bridgehead atoms. The number of halogens is 9. The lowest BCUT2D eigenvalue weighted by Crippen LogP contribution is -2.62. The lowest BCUT2D eigenvalue weighted by atomic mass is 9.75. The molecule has 0 aliphatic rings. The minimum atomic E-state index is -6.88. The molecule has 0 saturated heterocycles. The summed E-state index contributed by atoms with van der Waals surface area (Å²) in [6.45, 7) is 2.74. The van der Waals surface area contributed by atoms with Crippen LogP contribution >= 0.6 is 0 Å². The predicted molar refractivity (Wildman–Crippen MR) is 71.1 cm³/mol. The molecule has 1 aromatic rings. The van der Waals surface area contributed by atoms with Gasteiger partial charge in [0.25, 0.3) is 0 Å². The highest BCUT2D eigenvalue weighted by Crippen LogP contribution is 2.56. The lowest BCUT2D eigenvalue weighted by Gasteiger charge is -2.38. The van der Waals surface area contributed by atoms with Crippen LogP contribution in [0.4, 0.5) is 39.5 Å². The Morgan fingerprint density at radius 3 is 1.88 bits per heavy atom. The molecule has 1 unspecified atom stereocenters. The van der Waals surface area contributed by atoms with E-state index in [1.165, 1.54) is 12.1 Å². The Morgan fingerprint density at radius 1 is 0.920 bits per heavy atom. The van der Waals surface area contributed by atoms with E-state index in [1.54, 1.807) is 6.92 Å². The Hall–Kier alpha value is -1.35. The fourth-order valence-corrected chi connectivity index (χ4v) is 2.50. The molecule has 1 heterocycles. The molecule has 0 saturated carbocycles. The van der Waals surface area contributed by atoms with E-state index in [0.29, 0.717) is 6.42 Å². The zero-order valence-corrected chi connectivity index (χ0v) is 13.4. The first-order valence-electron chi connectivity index (χ1n) is 7.36. The third-order valence-corrected chi connectivity index (χ3v) is 4.02. The molecule has 0 aliphatic heterocycles. The van der Waals surface area contributed by atoms with Crippen molar-refractivity contribution in [2.75, 3.05) is 0 Å². The summed E-state index contributed by atoms with van der Waals surface area (Å²) >= 11 is 0. The second kappa shape index (κ2) is 6.75. The van der Waals surface area contributed by atoms with Crippen LogP contribution in [0.5, 0.6) is 0 Å². The van der Waals surface area contributed by atoms with Crippen LogP contribution in [0.1, 0.15) is 45.3 Å². The van der Waals surface area contributed by atoms with Crippen molar-refractivity contribution in [1.82, 2.24) is 0 Å². The molecular weight excluding hydrogens is 367 g/mol. The molecule has 0 aromatic carbocycles. The van der Waals surface area contributed by atoms with E-state index < -0.39 is 35.8 Å². The Kier molecular flexibility index (Phi) is 5.86. The summed E-state index contributed by atoms with van der Waals surface area (Å²) in [5, 5.41) is 0. The SMILES string of the molecule is CCCCC(C)(CC(F)(F)C(F)(F)C(F)(F)C(F)(F)F)c1ccco1. The summed E-state index contributed by atoms with van der Waals surface area (Å²) in [5.41, 5.74) is -1.84. The molecule has 0 spiro atoms. The van der Waals surface area contributed by atoms with Crippen molar-refractivity contribution in [2.24, 2.45) is 0 Å². The lowest BCUT2D eigenvalue weighted by molar-refractivity contribution is -0.398. The number of alkyl halides is 9. The van der Waals surface area contributed by atoms with Crippen LogP contribution in [-0.2, 0) is 5.41 Å². The van der Waals surface area contributed by atoms with Gasteiger partial charge in [0.2, 0.25) is 0 Å². The number of hydrogen-bond donors (Lipinski definition) is 0. The normalized spacial score (nSPS) is 16.8. The molecule has 25 heavy (non-hydrogen) atoms. The van der Waals surface area contributed by atoms with Crippen molar-refractivity contribution in [2.45, 2.75) is 68.9 Å². The van der Waals surface area contributed by atoms with E-state index in [9.17, 15) is 39.5 Å². The standard InChI is InChI=1S/C15H17F9O/c1-3-4-7-11(2,10-6-5-8-25-10)9-12(16,17)13(18,19)14(20,21)15(22,23)24/h5-6,8H,3-4,7,9H2,1-2H3. The zero-order chi connectivity index (χ0) is 19.7. The molecule has 0 aliphatic carbocycles. The van der Waals surface area contributed by atoms with Gasteiger partial charge >= 0.3 is 23.9 Å². The van der Waals surface area contributed by atoms with Gasteiger partial charge in [0.1, 0.15) is 5.76 Å². The molecule has 0 radical (unpaired) electrons. The second-order valence-electron chi connectivity index (χ2n) is 6.17.